The van der Waals surface area contributed by atoms with Gasteiger partial charge >= 0.3 is 0 Å². The van der Waals surface area contributed by atoms with E-state index in [1.165, 1.54) is 0 Å². The number of halogens is 1. The van der Waals surface area contributed by atoms with Gasteiger partial charge in [-0.05, 0) is 13.8 Å². The lowest BCUT2D eigenvalue weighted by Crippen LogP contribution is -2.19. The van der Waals surface area contributed by atoms with Crippen LogP contribution in [0.3, 0.4) is 0 Å². The Hall–Kier alpha value is -0.680. The highest BCUT2D eigenvalue weighted by Crippen LogP contribution is 2.03. The fraction of sp³-hybridized carbons (Fsp3) is 0.500. The number of nitrogens with one attached hydrogen (secondary N) is 1. The number of aromatic nitrogens is 2. The molecule has 0 unspecified atom stereocenters. The SMILES string of the molecule is CC(C)Nc1nsnc(Cl)c1=O. The van der Waals surface area contributed by atoms with Crippen molar-refractivity contribution in [2.75, 3.05) is 5.32 Å². The van der Waals surface area contributed by atoms with Crippen LogP contribution in [-0.4, -0.2) is 14.8 Å². The zero-order valence-corrected chi connectivity index (χ0v) is 8.24. The Bertz CT molecular complexity index is 325. The Labute approximate surface area is 78.9 Å². The molecule has 12 heavy (non-hydrogen) atoms. The molecule has 1 heterocycles. The first-order valence-electron chi connectivity index (χ1n) is 3.40. The van der Waals surface area contributed by atoms with E-state index in [4.69, 9.17) is 11.6 Å². The predicted octanol–water partition coefficient (Wildman–Crippen LogP) is 1.37. The third-order valence-corrected chi connectivity index (χ3v) is 1.97. The fourth-order valence-corrected chi connectivity index (χ4v) is 1.24. The Morgan fingerprint density at radius 3 is 2.75 bits per heavy atom. The van der Waals surface area contributed by atoms with E-state index < -0.39 is 0 Å². The largest absolute Gasteiger partial charge is 0.364 e. The van der Waals surface area contributed by atoms with Gasteiger partial charge in [-0.25, -0.2) is 0 Å². The number of anilines is 1. The van der Waals surface area contributed by atoms with Crippen molar-refractivity contribution >= 4 is 29.1 Å². The molecule has 0 aliphatic heterocycles. The van der Waals surface area contributed by atoms with E-state index in [1.54, 1.807) is 0 Å². The van der Waals surface area contributed by atoms with Crippen molar-refractivity contribution in [3.8, 4) is 0 Å². The van der Waals surface area contributed by atoms with Crippen LogP contribution in [0.25, 0.3) is 0 Å². The van der Waals surface area contributed by atoms with Gasteiger partial charge in [0.05, 0.1) is 11.7 Å². The summed E-state index contributed by atoms with van der Waals surface area (Å²) in [5, 5.41) is 2.85. The van der Waals surface area contributed by atoms with Crippen molar-refractivity contribution in [3.63, 3.8) is 0 Å². The summed E-state index contributed by atoms with van der Waals surface area (Å²) in [7, 11) is 0. The van der Waals surface area contributed by atoms with Crippen LogP contribution in [0.1, 0.15) is 13.8 Å². The molecule has 66 valence electrons. The molecule has 0 spiro atoms. The van der Waals surface area contributed by atoms with Gasteiger partial charge in [0, 0.05) is 6.04 Å². The second-order valence-corrected chi connectivity index (χ2v) is 3.42. The number of hydrogen-bond acceptors (Lipinski definition) is 5. The molecule has 0 aliphatic carbocycles. The summed E-state index contributed by atoms with van der Waals surface area (Å²) >= 11 is 6.42. The maximum absolute atomic E-state index is 11.2. The second kappa shape index (κ2) is 3.82. The molecule has 0 saturated carbocycles. The summed E-state index contributed by atoms with van der Waals surface area (Å²) in [6.07, 6.45) is 0. The predicted molar refractivity (Wildman–Crippen MR) is 49.9 cm³/mol. The number of rotatable bonds is 2. The third kappa shape index (κ3) is 2.15. The van der Waals surface area contributed by atoms with Gasteiger partial charge in [0.1, 0.15) is 0 Å². The molecule has 0 aromatic carbocycles. The average Bonchev–Trinajstić information content (AvgIpc) is 1.98. The monoisotopic (exact) mass is 205 g/mol. The molecule has 0 atom stereocenters. The molecule has 0 amide bonds. The standard InChI is InChI=1S/C6H8ClN3OS/c1-3(2)8-6-4(11)5(7)9-12-10-6/h3H,1-2H3,(H,8,10). The van der Waals surface area contributed by atoms with Crippen LogP contribution in [0.15, 0.2) is 4.79 Å². The Morgan fingerprint density at radius 2 is 2.17 bits per heavy atom. The molecule has 4 nitrogen and oxygen atoms in total. The fourth-order valence-electron chi connectivity index (χ4n) is 0.643. The lowest BCUT2D eigenvalue weighted by Gasteiger charge is -2.05. The molecular weight excluding hydrogens is 198 g/mol. The minimum absolute atomic E-state index is 0.0295. The zero-order chi connectivity index (χ0) is 9.14. The van der Waals surface area contributed by atoms with Crippen molar-refractivity contribution < 1.29 is 0 Å². The molecule has 1 N–H and O–H groups in total. The van der Waals surface area contributed by atoms with Crippen LogP contribution in [0.5, 0.6) is 0 Å². The van der Waals surface area contributed by atoms with Crippen LogP contribution in [0.4, 0.5) is 5.82 Å². The van der Waals surface area contributed by atoms with Crippen molar-refractivity contribution in [2.45, 2.75) is 19.9 Å². The Kier molecular flexibility index (Phi) is 2.99. The Morgan fingerprint density at radius 1 is 1.50 bits per heavy atom. The third-order valence-electron chi connectivity index (χ3n) is 1.08. The maximum Gasteiger partial charge on any atom is 0.259 e. The first kappa shape index (κ1) is 9.41. The van der Waals surface area contributed by atoms with E-state index in [0.717, 1.165) is 11.7 Å². The number of hydrogen-bond donors (Lipinski definition) is 1. The maximum atomic E-state index is 11.2. The van der Waals surface area contributed by atoms with Gasteiger partial charge in [0.15, 0.2) is 11.0 Å². The van der Waals surface area contributed by atoms with E-state index >= 15 is 0 Å². The van der Waals surface area contributed by atoms with E-state index in [2.05, 4.69) is 14.1 Å². The quantitative estimate of drug-likeness (QED) is 0.793. The smallest absolute Gasteiger partial charge is 0.259 e. The average molecular weight is 206 g/mol. The first-order chi connectivity index (χ1) is 5.61. The van der Waals surface area contributed by atoms with Crippen LogP contribution >= 0.6 is 23.3 Å². The van der Waals surface area contributed by atoms with Gasteiger partial charge in [-0.1, -0.05) is 11.6 Å². The van der Waals surface area contributed by atoms with Gasteiger partial charge in [0.25, 0.3) is 5.43 Å². The normalized spacial score (nSPS) is 10.3. The van der Waals surface area contributed by atoms with Gasteiger partial charge in [-0.2, -0.15) is 8.75 Å². The lowest BCUT2D eigenvalue weighted by molar-refractivity contribution is 0.890. The van der Waals surface area contributed by atoms with Crippen molar-refractivity contribution in [1.82, 2.24) is 8.75 Å². The second-order valence-electron chi connectivity index (χ2n) is 2.53. The lowest BCUT2D eigenvalue weighted by atomic mass is 10.4. The van der Waals surface area contributed by atoms with Crippen LogP contribution in [0.2, 0.25) is 5.15 Å². The molecule has 0 aliphatic rings. The van der Waals surface area contributed by atoms with E-state index in [9.17, 15) is 4.79 Å². The molecule has 6 heteroatoms. The zero-order valence-electron chi connectivity index (χ0n) is 6.67. The first-order valence-corrected chi connectivity index (χ1v) is 4.51. The van der Waals surface area contributed by atoms with Gasteiger partial charge in [0.2, 0.25) is 0 Å². The van der Waals surface area contributed by atoms with Gasteiger partial charge < -0.3 is 5.32 Å². The van der Waals surface area contributed by atoms with Gasteiger partial charge in [-0.3, -0.25) is 4.79 Å². The molecule has 1 rings (SSSR count). The highest BCUT2D eigenvalue weighted by molar-refractivity contribution is 6.99. The van der Waals surface area contributed by atoms with E-state index in [-0.39, 0.29) is 22.4 Å². The highest BCUT2D eigenvalue weighted by Gasteiger charge is 2.06. The van der Waals surface area contributed by atoms with Crippen LogP contribution in [-0.2, 0) is 0 Å². The Balaban J connectivity index is 3.01. The number of nitrogens with zero attached hydrogens (tertiary/aromatic N) is 2. The summed E-state index contributed by atoms with van der Waals surface area (Å²) in [6.45, 7) is 3.83. The molecule has 1 aromatic rings. The van der Waals surface area contributed by atoms with Crippen molar-refractivity contribution in [2.24, 2.45) is 0 Å². The minimum Gasteiger partial charge on any atom is -0.364 e. The van der Waals surface area contributed by atoms with E-state index in [0.29, 0.717) is 0 Å². The van der Waals surface area contributed by atoms with Crippen LogP contribution < -0.4 is 10.7 Å². The summed E-state index contributed by atoms with van der Waals surface area (Å²) in [5.74, 6) is 0.273. The molecular formula is C6H8ClN3OS. The molecule has 1 aromatic heterocycles. The molecule has 0 bridgehead atoms. The summed E-state index contributed by atoms with van der Waals surface area (Å²) < 4.78 is 7.39. The highest BCUT2D eigenvalue weighted by atomic mass is 35.5. The molecule has 0 saturated heterocycles. The minimum atomic E-state index is -0.343. The van der Waals surface area contributed by atoms with E-state index in [1.807, 2.05) is 13.8 Å². The van der Waals surface area contributed by atoms with Crippen molar-refractivity contribution in [3.05, 3.63) is 15.4 Å². The molecule has 0 radical (unpaired) electrons. The topological polar surface area (TPSA) is 54.9 Å². The molecule has 0 fully saturated rings. The van der Waals surface area contributed by atoms with Gasteiger partial charge in [-0.15, -0.1) is 0 Å². The van der Waals surface area contributed by atoms with Crippen LogP contribution in [0, 0.1) is 0 Å². The van der Waals surface area contributed by atoms with Crippen molar-refractivity contribution in [1.29, 1.82) is 0 Å². The summed E-state index contributed by atoms with van der Waals surface area (Å²) in [4.78, 5) is 11.2. The summed E-state index contributed by atoms with van der Waals surface area (Å²) in [6, 6.07) is 0.163. The summed E-state index contributed by atoms with van der Waals surface area (Å²) in [5.41, 5.74) is -0.343.